The van der Waals surface area contributed by atoms with Crippen molar-refractivity contribution in [2.75, 3.05) is 10.2 Å². The third kappa shape index (κ3) is 4.47. The Hall–Kier alpha value is -4.40. The van der Waals surface area contributed by atoms with Gasteiger partial charge in [0.2, 0.25) is 0 Å². The van der Waals surface area contributed by atoms with Crippen molar-refractivity contribution in [3.63, 3.8) is 0 Å². The zero-order valence-corrected chi connectivity index (χ0v) is 18.4. The van der Waals surface area contributed by atoms with Gasteiger partial charge in [-0.15, -0.1) is 0 Å². The molecule has 4 rings (SSSR count). The molecule has 9 nitrogen and oxygen atoms in total. The van der Waals surface area contributed by atoms with E-state index in [1.165, 1.54) is 6.26 Å². The second-order valence-corrected chi connectivity index (χ2v) is 8.07. The van der Waals surface area contributed by atoms with Gasteiger partial charge in [0.05, 0.1) is 11.3 Å². The highest BCUT2D eigenvalue weighted by atomic mass is 16.3. The molecule has 0 atom stereocenters. The van der Waals surface area contributed by atoms with E-state index in [1.54, 1.807) is 81.4 Å². The maximum Gasteiger partial charge on any atom is 0.329 e. The van der Waals surface area contributed by atoms with Crippen molar-refractivity contribution in [3.8, 4) is 0 Å². The molecular formula is C24H23N5O4. The zero-order chi connectivity index (χ0) is 23.6. The maximum atomic E-state index is 13.5. The average molecular weight is 445 g/mol. The maximum absolute atomic E-state index is 13.5. The number of carbonyl (C=O) groups excluding carboxylic acids is 3. The highest BCUT2D eigenvalue weighted by Gasteiger charge is 2.35. The van der Waals surface area contributed by atoms with Gasteiger partial charge in [-0.2, -0.15) is 5.10 Å². The lowest BCUT2D eigenvalue weighted by molar-refractivity contribution is -0.120. The van der Waals surface area contributed by atoms with Crippen LogP contribution in [0.1, 0.15) is 29.9 Å². The van der Waals surface area contributed by atoms with Gasteiger partial charge in [-0.1, -0.05) is 36.4 Å². The van der Waals surface area contributed by atoms with Crippen molar-refractivity contribution in [2.45, 2.75) is 26.3 Å². The predicted molar refractivity (Wildman–Crippen MR) is 124 cm³/mol. The van der Waals surface area contributed by atoms with Crippen LogP contribution in [-0.4, -0.2) is 33.6 Å². The number of nitrogens with one attached hydrogen (secondary N) is 3. The number of nitrogens with zero attached hydrogens (tertiary/aromatic N) is 2. The second kappa shape index (κ2) is 8.62. The molecule has 33 heavy (non-hydrogen) atoms. The first-order chi connectivity index (χ1) is 15.8. The molecule has 2 aromatic carbocycles. The number of aromatic amines is 1. The number of amides is 4. The number of urea groups is 1. The van der Waals surface area contributed by atoms with Crippen molar-refractivity contribution in [1.82, 2.24) is 15.5 Å². The zero-order valence-electron chi connectivity index (χ0n) is 18.4. The van der Waals surface area contributed by atoms with E-state index in [0.717, 1.165) is 10.6 Å². The minimum Gasteiger partial charge on any atom is -0.463 e. The summed E-state index contributed by atoms with van der Waals surface area (Å²) in [6.45, 7) is 4.89. The first kappa shape index (κ1) is 21.8. The summed E-state index contributed by atoms with van der Waals surface area (Å²) >= 11 is 0. The van der Waals surface area contributed by atoms with Crippen LogP contribution in [-0.2, 0) is 4.79 Å². The highest BCUT2D eigenvalue weighted by molar-refractivity contribution is 6.24. The number of furan rings is 1. The van der Waals surface area contributed by atoms with E-state index >= 15 is 0 Å². The Balaban J connectivity index is 1.62. The van der Waals surface area contributed by atoms with E-state index < -0.39 is 23.4 Å². The summed E-state index contributed by atoms with van der Waals surface area (Å²) < 4.78 is 5.49. The van der Waals surface area contributed by atoms with Crippen LogP contribution >= 0.6 is 0 Å². The molecular weight excluding hydrogens is 422 g/mol. The van der Waals surface area contributed by atoms with Crippen LogP contribution in [0.5, 0.6) is 0 Å². The van der Waals surface area contributed by atoms with Crippen LogP contribution in [0.2, 0.25) is 0 Å². The van der Waals surface area contributed by atoms with Crippen LogP contribution in [0.4, 0.5) is 16.3 Å². The molecule has 0 saturated carbocycles. The van der Waals surface area contributed by atoms with Crippen LogP contribution in [0.3, 0.4) is 0 Å². The number of para-hydroxylation sites is 2. The fourth-order valence-electron chi connectivity index (χ4n) is 3.30. The molecule has 0 aliphatic heterocycles. The normalized spacial score (nSPS) is 11.2. The largest absolute Gasteiger partial charge is 0.463 e. The number of imide groups is 1. The molecule has 0 aliphatic rings. The Morgan fingerprint density at radius 2 is 1.73 bits per heavy atom. The summed E-state index contributed by atoms with van der Waals surface area (Å²) in [5, 5.41) is 12.6. The molecule has 4 aromatic rings. The van der Waals surface area contributed by atoms with Gasteiger partial charge < -0.3 is 15.1 Å². The lowest BCUT2D eigenvalue weighted by atomic mass is 10.0. The second-order valence-electron chi connectivity index (χ2n) is 8.07. The molecule has 0 saturated heterocycles. The number of benzene rings is 2. The molecule has 3 N–H and O–H groups in total. The van der Waals surface area contributed by atoms with E-state index in [1.807, 2.05) is 0 Å². The quantitative estimate of drug-likeness (QED) is 0.424. The summed E-state index contributed by atoms with van der Waals surface area (Å²) in [4.78, 5) is 40.7. The van der Waals surface area contributed by atoms with E-state index in [-0.39, 0.29) is 5.56 Å². The molecule has 0 unspecified atom stereocenters. The molecule has 0 fully saturated rings. The fourth-order valence-corrected chi connectivity index (χ4v) is 3.30. The highest BCUT2D eigenvalue weighted by Crippen LogP contribution is 2.25. The smallest absolute Gasteiger partial charge is 0.329 e. The molecule has 0 spiro atoms. The standard InChI is InChI=1S/C24H23N5O4/c1-15-13-20(28-27-15)25-22(31)24(2,3)26-23(32)29(16-9-5-4-6-10-16)21(30)18-14-33-19-12-8-7-11-17(18)19/h4-14H,1-3H3,(H,26,32)(H2,25,27,28,31). The molecule has 2 heterocycles. The van der Waals surface area contributed by atoms with Gasteiger partial charge in [-0.3, -0.25) is 14.7 Å². The van der Waals surface area contributed by atoms with E-state index in [9.17, 15) is 14.4 Å². The predicted octanol–water partition coefficient (Wildman–Crippen LogP) is 4.24. The summed E-state index contributed by atoms with van der Waals surface area (Å²) in [5.41, 5.74) is 0.544. The van der Waals surface area contributed by atoms with E-state index in [2.05, 4.69) is 20.8 Å². The number of aromatic nitrogens is 2. The molecule has 9 heteroatoms. The Morgan fingerprint density at radius 1 is 1.03 bits per heavy atom. The van der Waals surface area contributed by atoms with Crippen LogP contribution in [0.25, 0.3) is 11.0 Å². The van der Waals surface area contributed by atoms with Crippen LogP contribution < -0.4 is 15.5 Å². The SMILES string of the molecule is Cc1cc(NC(=O)C(C)(C)NC(=O)N(C(=O)c2coc3ccccc23)c2ccccc2)n[nH]1. The molecule has 0 aliphatic carbocycles. The summed E-state index contributed by atoms with van der Waals surface area (Å²) in [7, 11) is 0. The number of carbonyl (C=O) groups is 3. The van der Waals surface area contributed by atoms with Gasteiger partial charge in [-0.25, -0.2) is 9.69 Å². The first-order valence-electron chi connectivity index (χ1n) is 10.3. The minimum atomic E-state index is -1.35. The van der Waals surface area contributed by atoms with Gasteiger partial charge in [-0.05, 0) is 39.0 Å². The van der Waals surface area contributed by atoms with Crippen molar-refractivity contribution >= 4 is 40.3 Å². The van der Waals surface area contributed by atoms with Crippen molar-refractivity contribution in [1.29, 1.82) is 0 Å². The van der Waals surface area contributed by atoms with Gasteiger partial charge >= 0.3 is 6.03 Å². The molecule has 0 radical (unpaired) electrons. The van der Waals surface area contributed by atoms with Gasteiger partial charge in [0.15, 0.2) is 5.82 Å². The monoisotopic (exact) mass is 445 g/mol. The lowest BCUT2D eigenvalue weighted by Crippen LogP contribution is -2.57. The minimum absolute atomic E-state index is 0.235. The van der Waals surface area contributed by atoms with Crippen molar-refractivity contribution in [3.05, 3.63) is 78.2 Å². The first-order valence-corrected chi connectivity index (χ1v) is 10.3. The Morgan fingerprint density at radius 3 is 2.42 bits per heavy atom. The molecule has 0 bridgehead atoms. The number of fused-ring (bicyclic) bond motifs is 1. The number of hydrogen-bond donors (Lipinski definition) is 3. The van der Waals surface area contributed by atoms with Crippen LogP contribution in [0.15, 0.2) is 71.3 Å². The Kier molecular flexibility index (Phi) is 5.70. The summed E-state index contributed by atoms with van der Waals surface area (Å²) in [5.74, 6) is -0.736. The Bertz CT molecular complexity index is 1320. The lowest BCUT2D eigenvalue weighted by Gasteiger charge is -2.29. The summed E-state index contributed by atoms with van der Waals surface area (Å²) in [6.07, 6.45) is 1.33. The van der Waals surface area contributed by atoms with Gasteiger partial charge in [0.25, 0.3) is 11.8 Å². The number of rotatable bonds is 5. The topological polar surface area (TPSA) is 120 Å². The number of aryl methyl sites for hydroxylation is 1. The summed E-state index contributed by atoms with van der Waals surface area (Å²) in [6, 6.07) is 16.5. The Labute approximate surface area is 189 Å². The molecule has 2 aromatic heterocycles. The van der Waals surface area contributed by atoms with Gasteiger partial charge in [0, 0.05) is 17.1 Å². The van der Waals surface area contributed by atoms with Crippen molar-refractivity contribution in [2.24, 2.45) is 0 Å². The average Bonchev–Trinajstić information content (AvgIpc) is 3.40. The molecule has 4 amide bonds. The van der Waals surface area contributed by atoms with Crippen LogP contribution in [0, 0.1) is 6.92 Å². The van der Waals surface area contributed by atoms with Gasteiger partial charge in [0.1, 0.15) is 17.4 Å². The van der Waals surface area contributed by atoms with E-state index in [4.69, 9.17) is 4.42 Å². The number of H-pyrrole nitrogens is 1. The van der Waals surface area contributed by atoms with Crippen molar-refractivity contribution < 1.29 is 18.8 Å². The number of hydrogen-bond acceptors (Lipinski definition) is 5. The number of anilines is 2. The fraction of sp³-hybridized carbons (Fsp3) is 0.167. The molecule has 168 valence electrons. The van der Waals surface area contributed by atoms with E-state index in [0.29, 0.717) is 22.5 Å². The third-order valence-corrected chi connectivity index (χ3v) is 5.07. The third-order valence-electron chi connectivity index (χ3n) is 5.07.